The quantitative estimate of drug-likeness (QED) is 0.670. The van der Waals surface area contributed by atoms with Gasteiger partial charge in [-0.05, 0) is 23.8 Å². The number of fused-ring (bicyclic) bond motifs is 1. The van der Waals surface area contributed by atoms with Crippen LogP contribution in [-0.4, -0.2) is 33.5 Å². The minimum Gasteiger partial charge on any atom is -0.493 e. The number of carbonyl (C=O) groups excluding carboxylic acids is 2. The lowest BCUT2D eigenvalue weighted by molar-refractivity contribution is -0.111. The number of amides is 1. The number of hydrogen-bond donors (Lipinski definition) is 1. The van der Waals surface area contributed by atoms with E-state index in [0.717, 1.165) is 0 Å². The number of hydrogen-bond acceptors (Lipinski definition) is 5. The lowest BCUT2D eigenvalue weighted by atomic mass is 9.96. The zero-order chi connectivity index (χ0) is 18.0. The van der Waals surface area contributed by atoms with Gasteiger partial charge >= 0.3 is 0 Å². The zero-order valence-corrected chi connectivity index (χ0v) is 14.1. The number of benzene rings is 2. The van der Waals surface area contributed by atoms with E-state index in [-0.39, 0.29) is 11.5 Å². The monoisotopic (exact) mass is 339 g/mol. The number of para-hydroxylation sites is 1. The zero-order valence-electron chi connectivity index (χ0n) is 14.1. The molecule has 0 aliphatic carbocycles. The van der Waals surface area contributed by atoms with Crippen molar-refractivity contribution < 1.29 is 23.8 Å². The number of carbonyl (C=O) groups is 2. The SMILES string of the molecule is COc1cc(C(C=O)=C2C(=O)Nc3ccccc32)cc(OC)c1OC. The van der Waals surface area contributed by atoms with E-state index in [4.69, 9.17) is 14.2 Å². The molecule has 1 heterocycles. The molecule has 6 nitrogen and oxygen atoms in total. The van der Waals surface area contributed by atoms with Gasteiger partial charge in [-0.1, -0.05) is 18.2 Å². The van der Waals surface area contributed by atoms with E-state index in [1.807, 2.05) is 12.1 Å². The molecule has 0 spiro atoms. The van der Waals surface area contributed by atoms with Crippen molar-refractivity contribution in [3.8, 4) is 17.2 Å². The maximum absolute atomic E-state index is 12.4. The predicted molar refractivity (Wildman–Crippen MR) is 94.0 cm³/mol. The van der Waals surface area contributed by atoms with Gasteiger partial charge in [-0.15, -0.1) is 0 Å². The Morgan fingerprint density at radius 1 is 1.00 bits per heavy atom. The van der Waals surface area contributed by atoms with E-state index < -0.39 is 0 Å². The molecule has 1 aliphatic heterocycles. The van der Waals surface area contributed by atoms with Crippen molar-refractivity contribution in [1.82, 2.24) is 0 Å². The molecule has 0 unspecified atom stereocenters. The maximum atomic E-state index is 12.4. The summed E-state index contributed by atoms with van der Waals surface area (Å²) in [4.78, 5) is 24.3. The fourth-order valence-electron chi connectivity index (χ4n) is 2.89. The highest BCUT2D eigenvalue weighted by atomic mass is 16.5. The van der Waals surface area contributed by atoms with Crippen LogP contribution in [0.5, 0.6) is 17.2 Å². The summed E-state index contributed by atoms with van der Waals surface area (Å²) in [5, 5.41) is 2.77. The molecule has 3 rings (SSSR count). The Balaban J connectivity index is 2.27. The highest BCUT2D eigenvalue weighted by Crippen LogP contribution is 2.42. The lowest BCUT2D eigenvalue weighted by Gasteiger charge is -2.14. The molecule has 0 saturated heterocycles. The van der Waals surface area contributed by atoms with E-state index in [9.17, 15) is 9.59 Å². The number of anilines is 1. The number of allylic oxidation sites excluding steroid dienone is 1. The third-order valence-corrected chi connectivity index (χ3v) is 4.03. The van der Waals surface area contributed by atoms with E-state index >= 15 is 0 Å². The summed E-state index contributed by atoms with van der Waals surface area (Å²) in [6, 6.07) is 10.5. The largest absolute Gasteiger partial charge is 0.493 e. The van der Waals surface area contributed by atoms with Crippen LogP contribution < -0.4 is 19.5 Å². The molecule has 0 atom stereocenters. The molecule has 2 aromatic rings. The van der Waals surface area contributed by atoms with E-state index in [0.29, 0.717) is 45.9 Å². The first-order valence-electron chi connectivity index (χ1n) is 7.55. The fraction of sp³-hybridized carbons (Fsp3) is 0.158. The number of methoxy groups -OCH3 is 3. The molecule has 2 aromatic carbocycles. The second kappa shape index (κ2) is 6.68. The molecule has 0 fully saturated rings. The van der Waals surface area contributed by atoms with Crippen molar-refractivity contribution in [1.29, 1.82) is 0 Å². The topological polar surface area (TPSA) is 73.9 Å². The average molecular weight is 339 g/mol. The van der Waals surface area contributed by atoms with Crippen LogP contribution in [0.3, 0.4) is 0 Å². The molecular formula is C19H17NO5. The van der Waals surface area contributed by atoms with Crippen LogP contribution in [0.2, 0.25) is 0 Å². The summed E-state index contributed by atoms with van der Waals surface area (Å²) in [6.45, 7) is 0. The Bertz CT molecular complexity index is 860. The minimum atomic E-state index is -0.322. The van der Waals surface area contributed by atoms with Crippen molar-refractivity contribution in [2.24, 2.45) is 0 Å². The summed E-state index contributed by atoms with van der Waals surface area (Å²) < 4.78 is 16.0. The van der Waals surface area contributed by atoms with Gasteiger partial charge in [0.2, 0.25) is 5.75 Å². The smallest absolute Gasteiger partial charge is 0.257 e. The average Bonchev–Trinajstić information content (AvgIpc) is 2.97. The number of rotatable bonds is 5. The number of ether oxygens (including phenoxy) is 3. The van der Waals surface area contributed by atoms with Crippen molar-refractivity contribution in [3.05, 3.63) is 47.5 Å². The predicted octanol–water partition coefficient (Wildman–Crippen LogP) is 2.77. The Labute approximate surface area is 145 Å². The van der Waals surface area contributed by atoms with Crippen LogP contribution in [0.4, 0.5) is 5.69 Å². The van der Waals surface area contributed by atoms with Crippen molar-refractivity contribution in [2.75, 3.05) is 26.6 Å². The molecule has 1 N–H and O–H groups in total. The highest BCUT2D eigenvalue weighted by molar-refractivity contribution is 6.42. The van der Waals surface area contributed by atoms with Crippen LogP contribution in [0.15, 0.2) is 36.4 Å². The van der Waals surface area contributed by atoms with Gasteiger partial charge in [0.15, 0.2) is 17.8 Å². The molecule has 0 aromatic heterocycles. The van der Waals surface area contributed by atoms with Gasteiger partial charge in [0.1, 0.15) is 0 Å². The maximum Gasteiger partial charge on any atom is 0.257 e. The van der Waals surface area contributed by atoms with Gasteiger partial charge in [-0.3, -0.25) is 9.59 Å². The first kappa shape index (κ1) is 16.6. The standard InChI is InChI=1S/C19H17NO5/c1-23-15-8-11(9-16(24-2)18(15)25-3)13(10-21)17-12-6-4-5-7-14(12)20-19(17)22/h4-10H,1-3H3,(H,20,22). The van der Waals surface area contributed by atoms with Crippen LogP contribution in [0.1, 0.15) is 11.1 Å². The summed E-state index contributed by atoms with van der Waals surface area (Å²) in [5.74, 6) is 0.907. The summed E-state index contributed by atoms with van der Waals surface area (Å²) in [6.07, 6.45) is 0.664. The Hall–Kier alpha value is -3.28. The van der Waals surface area contributed by atoms with Gasteiger partial charge < -0.3 is 19.5 Å². The molecule has 0 bridgehead atoms. The molecule has 0 saturated carbocycles. The van der Waals surface area contributed by atoms with Crippen LogP contribution in [-0.2, 0) is 9.59 Å². The molecule has 1 aliphatic rings. The van der Waals surface area contributed by atoms with Crippen molar-refractivity contribution in [3.63, 3.8) is 0 Å². The Morgan fingerprint density at radius 3 is 2.20 bits per heavy atom. The van der Waals surface area contributed by atoms with Crippen LogP contribution in [0, 0.1) is 0 Å². The molecule has 0 radical (unpaired) electrons. The Kier molecular flexibility index (Phi) is 4.43. The normalized spacial score (nSPS) is 14.4. The third kappa shape index (κ3) is 2.71. The lowest BCUT2D eigenvalue weighted by Crippen LogP contribution is -2.07. The molecular weight excluding hydrogens is 322 g/mol. The summed E-state index contributed by atoms with van der Waals surface area (Å²) in [7, 11) is 4.48. The van der Waals surface area contributed by atoms with Gasteiger partial charge in [0.05, 0.1) is 26.9 Å². The van der Waals surface area contributed by atoms with Gasteiger partial charge in [-0.25, -0.2) is 0 Å². The second-order valence-electron chi connectivity index (χ2n) is 5.32. The molecule has 25 heavy (non-hydrogen) atoms. The van der Waals surface area contributed by atoms with Gasteiger partial charge in [-0.2, -0.15) is 0 Å². The highest BCUT2D eigenvalue weighted by Gasteiger charge is 2.28. The first-order valence-corrected chi connectivity index (χ1v) is 7.55. The minimum absolute atomic E-state index is 0.252. The van der Waals surface area contributed by atoms with E-state index in [1.165, 1.54) is 21.3 Å². The third-order valence-electron chi connectivity index (χ3n) is 4.03. The Morgan fingerprint density at radius 2 is 1.64 bits per heavy atom. The van der Waals surface area contributed by atoms with Gasteiger partial charge in [0, 0.05) is 16.8 Å². The summed E-state index contributed by atoms with van der Waals surface area (Å²) in [5.41, 5.74) is 2.44. The van der Waals surface area contributed by atoms with Crippen molar-refractivity contribution in [2.45, 2.75) is 0 Å². The molecule has 1 amide bonds. The fourth-order valence-corrected chi connectivity index (χ4v) is 2.89. The van der Waals surface area contributed by atoms with E-state index in [2.05, 4.69) is 5.32 Å². The summed E-state index contributed by atoms with van der Waals surface area (Å²) >= 11 is 0. The first-order chi connectivity index (χ1) is 12.1. The van der Waals surface area contributed by atoms with E-state index in [1.54, 1.807) is 24.3 Å². The number of aldehydes is 1. The van der Waals surface area contributed by atoms with Crippen LogP contribution >= 0.6 is 0 Å². The van der Waals surface area contributed by atoms with Crippen molar-refractivity contribution >= 4 is 29.0 Å². The molecule has 6 heteroatoms. The number of nitrogens with one attached hydrogen (secondary N) is 1. The van der Waals surface area contributed by atoms with Gasteiger partial charge in [0.25, 0.3) is 5.91 Å². The molecule has 128 valence electrons. The van der Waals surface area contributed by atoms with Crippen LogP contribution in [0.25, 0.3) is 11.1 Å². The second-order valence-corrected chi connectivity index (χ2v) is 5.32.